The molecule has 9 heteroatoms. The molecule has 5 rings (SSSR count). The van der Waals surface area contributed by atoms with Gasteiger partial charge < -0.3 is 15.2 Å². The summed E-state index contributed by atoms with van der Waals surface area (Å²) in [4.78, 5) is 25.9. The van der Waals surface area contributed by atoms with Gasteiger partial charge in [-0.2, -0.15) is 4.31 Å². The number of carbonyl (C=O) groups excluding carboxylic acids is 2. The predicted molar refractivity (Wildman–Crippen MR) is 146 cm³/mol. The number of aliphatic hydroxyl groups excluding tert-OH is 1. The normalized spacial score (nSPS) is 17.8. The first-order valence-corrected chi connectivity index (χ1v) is 14.0. The second-order valence-electron chi connectivity index (χ2n) is 9.42. The molecule has 39 heavy (non-hydrogen) atoms. The van der Waals surface area contributed by atoms with Gasteiger partial charge in [-0.1, -0.05) is 91.0 Å². The first-order chi connectivity index (χ1) is 18.8. The molecule has 8 nitrogen and oxygen atoms in total. The van der Waals surface area contributed by atoms with Gasteiger partial charge in [-0.15, -0.1) is 0 Å². The van der Waals surface area contributed by atoms with Crippen molar-refractivity contribution in [2.24, 2.45) is 0 Å². The Morgan fingerprint density at radius 1 is 0.872 bits per heavy atom. The van der Waals surface area contributed by atoms with Crippen LogP contribution in [0.2, 0.25) is 0 Å². The summed E-state index contributed by atoms with van der Waals surface area (Å²) in [5.74, 6) is -1.43. The number of hydrogen-bond donors (Lipinski definition) is 2. The largest absolute Gasteiger partial charge is 0.454 e. The number of ether oxygens (including phenoxy) is 1. The summed E-state index contributed by atoms with van der Waals surface area (Å²) in [6.07, 6.45) is -1.16. The molecule has 0 aromatic heterocycles. The average Bonchev–Trinajstić information content (AvgIpc) is 3.38. The Morgan fingerprint density at radius 2 is 1.46 bits per heavy atom. The quantitative estimate of drug-likeness (QED) is 0.329. The number of nitrogens with one attached hydrogen (secondary N) is 1. The Labute approximate surface area is 226 Å². The zero-order chi connectivity index (χ0) is 27.4. The third-order valence-electron chi connectivity index (χ3n) is 6.75. The highest BCUT2D eigenvalue weighted by molar-refractivity contribution is 7.89. The minimum Gasteiger partial charge on any atom is -0.454 e. The molecule has 2 N–H and O–H groups in total. The Morgan fingerprint density at radius 3 is 2.10 bits per heavy atom. The van der Waals surface area contributed by atoms with Crippen LogP contribution in [0.1, 0.15) is 23.6 Å². The number of hydrogen-bond acceptors (Lipinski definition) is 6. The Balaban J connectivity index is 1.29. The second-order valence-corrected chi connectivity index (χ2v) is 11.3. The molecule has 1 fully saturated rings. The molecule has 4 aromatic rings. The van der Waals surface area contributed by atoms with Crippen molar-refractivity contribution in [2.75, 3.05) is 13.2 Å². The highest BCUT2D eigenvalue weighted by Crippen LogP contribution is 2.29. The molecule has 0 bridgehead atoms. The van der Waals surface area contributed by atoms with Crippen LogP contribution in [0.25, 0.3) is 10.8 Å². The van der Waals surface area contributed by atoms with E-state index in [0.29, 0.717) is 0 Å². The molecule has 0 radical (unpaired) electrons. The van der Waals surface area contributed by atoms with Crippen LogP contribution < -0.4 is 5.32 Å². The van der Waals surface area contributed by atoms with E-state index in [1.165, 1.54) is 6.07 Å². The molecule has 1 aliphatic rings. The first kappa shape index (κ1) is 26.6. The van der Waals surface area contributed by atoms with Crippen molar-refractivity contribution in [3.05, 3.63) is 114 Å². The summed E-state index contributed by atoms with van der Waals surface area (Å²) < 4.78 is 33.2. The van der Waals surface area contributed by atoms with Gasteiger partial charge in [-0.3, -0.25) is 9.59 Å². The van der Waals surface area contributed by atoms with Gasteiger partial charge in [0.1, 0.15) is 6.04 Å². The van der Waals surface area contributed by atoms with Crippen molar-refractivity contribution in [2.45, 2.75) is 29.5 Å². The molecule has 1 aliphatic heterocycles. The van der Waals surface area contributed by atoms with E-state index in [1.807, 2.05) is 78.9 Å². The van der Waals surface area contributed by atoms with Crippen LogP contribution in [0.4, 0.5) is 0 Å². The number of β-amino-alcohol motifs (C(OH)–C–C–N with tert-alkyl or cyclic N) is 1. The summed E-state index contributed by atoms with van der Waals surface area (Å²) in [7, 11) is -4.11. The van der Waals surface area contributed by atoms with Crippen molar-refractivity contribution in [3.8, 4) is 0 Å². The summed E-state index contributed by atoms with van der Waals surface area (Å²) in [6.45, 7) is -0.837. The van der Waals surface area contributed by atoms with Crippen LogP contribution in [0.3, 0.4) is 0 Å². The fourth-order valence-electron chi connectivity index (χ4n) is 4.81. The summed E-state index contributed by atoms with van der Waals surface area (Å²) in [5, 5.41) is 14.8. The fraction of sp³-hybridized carbons (Fsp3) is 0.200. The van der Waals surface area contributed by atoms with Crippen LogP contribution in [-0.4, -0.2) is 55.0 Å². The maximum absolute atomic E-state index is 13.5. The van der Waals surface area contributed by atoms with E-state index < -0.39 is 46.7 Å². The molecule has 2 atom stereocenters. The molecule has 1 amide bonds. The molecule has 200 valence electrons. The van der Waals surface area contributed by atoms with Crippen LogP contribution in [-0.2, 0) is 24.3 Å². The number of esters is 1. The molecule has 1 heterocycles. The minimum atomic E-state index is -4.11. The highest BCUT2D eigenvalue weighted by Gasteiger charge is 2.44. The number of carbonyl (C=O) groups is 2. The topological polar surface area (TPSA) is 113 Å². The summed E-state index contributed by atoms with van der Waals surface area (Å²) in [6, 6.07) is 29.1. The van der Waals surface area contributed by atoms with Gasteiger partial charge in [0.2, 0.25) is 10.0 Å². The Hall–Kier alpha value is -4.05. The molecular formula is C30H28N2O6S. The molecule has 0 aliphatic carbocycles. The lowest BCUT2D eigenvalue weighted by atomic mass is 9.99. The Kier molecular flexibility index (Phi) is 7.74. The lowest BCUT2D eigenvalue weighted by Crippen LogP contribution is -2.42. The van der Waals surface area contributed by atoms with E-state index in [2.05, 4.69) is 5.32 Å². The molecular weight excluding hydrogens is 516 g/mol. The Bertz CT molecular complexity index is 1540. The maximum Gasteiger partial charge on any atom is 0.325 e. The third kappa shape index (κ3) is 5.85. The minimum absolute atomic E-state index is 0.0133. The van der Waals surface area contributed by atoms with Crippen molar-refractivity contribution in [1.29, 1.82) is 0 Å². The van der Waals surface area contributed by atoms with Gasteiger partial charge >= 0.3 is 5.97 Å². The average molecular weight is 545 g/mol. The molecule has 4 aromatic carbocycles. The maximum atomic E-state index is 13.5. The lowest BCUT2D eigenvalue weighted by Gasteiger charge is -2.23. The molecule has 0 spiro atoms. The van der Waals surface area contributed by atoms with E-state index in [4.69, 9.17) is 4.74 Å². The van der Waals surface area contributed by atoms with Crippen LogP contribution >= 0.6 is 0 Å². The van der Waals surface area contributed by atoms with Gasteiger partial charge in [0.05, 0.1) is 17.0 Å². The van der Waals surface area contributed by atoms with E-state index in [0.717, 1.165) is 26.2 Å². The smallest absolute Gasteiger partial charge is 0.325 e. The summed E-state index contributed by atoms with van der Waals surface area (Å²) >= 11 is 0. The van der Waals surface area contributed by atoms with Gasteiger partial charge in [0.25, 0.3) is 5.91 Å². The van der Waals surface area contributed by atoms with Crippen LogP contribution in [0.15, 0.2) is 108 Å². The zero-order valence-electron chi connectivity index (χ0n) is 21.0. The van der Waals surface area contributed by atoms with Crippen molar-refractivity contribution in [1.82, 2.24) is 9.62 Å². The number of aliphatic hydroxyl groups is 1. The van der Waals surface area contributed by atoms with Gasteiger partial charge in [0, 0.05) is 13.0 Å². The van der Waals surface area contributed by atoms with Crippen molar-refractivity contribution in [3.63, 3.8) is 0 Å². The van der Waals surface area contributed by atoms with Crippen molar-refractivity contribution >= 4 is 32.7 Å². The van der Waals surface area contributed by atoms with E-state index in [-0.39, 0.29) is 17.9 Å². The standard InChI is InChI=1S/C30H28N2O6S/c33-25-18-27(32(19-25)39(36,37)26-16-15-21-9-7-8-14-24(21)17-26)30(35)38-20-28(34)31-29(22-10-3-1-4-11-22)23-12-5-2-6-13-23/h1-17,25,27,29,33H,18-20H2,(H,31,34)/t25-,27+/m1/s1. The van der Waals surface area contributed by atoms with E-state index >= 15 is 0 Å². The van der Waals surface area contributed by atoms with Gasteiger partial charge in [-0.25, -0.2) is 8.42 Å². The predicted octanol–water partition coefficient (Wildman–Crippen LogP) is 3.41. The van der Waals surface area contributed by atoms with Crippen LogP contribution in [0, 0.1) is 0 Å². The van der Waals surface area contributed by atoms with E-state index in [9.17, 15) is 23.1 Å². The number of fused-ring (bicyclic) bond motifs is 1. The number of nitrogens with zero attached hydrogens (tertiary/aromatic N) is 1. The third-order valence-corrected chi connectivity index (χ3v) is 8.62. The van der Waals surface area contributed by atoms with Crippen LogP contribution in [0.5, 0.6) is 0 Å². The SMILES string of the molecule is O=C(COC(=O)[C@@H]1C[C@@H](O)CN1S(=O)(=O)c1ccc2ccccc2c1)NC(c1ccccc1)c1ccccc1. The summed E-state index contributed by atoms with van der Waals surface area (Å²) in [5.41, 5.74) is 1.71. The monoisotopic (exact) mass is 544 g/mol. The number of rotatable bonds is 8. The van der Waals surface area contributed by atoms with Gasteiger partial charge in [0.15, 0.2) is 6.61 Å². The van der Waals surface area contributed by atoms with Crippen molar-refractivity contribution < 1.29 is 27.9 Å². The number of sulfonamides is 1. The second kappa shape index (κ2) is 11.4. The molecule has 1 saturated heterocycles. The lowest BCUT2D eigenvalue weighted by molar-refractivity contribution is -0.151. The first-order valence-electron chi connectivity index (χ1n) is 12.6. The van der Waals surface area contributed by atoms with E-state index in [1.54, 1.807) is 18.2 Å². The highest BCUT2D eigenvalue weighted by atomic mass is 32.2. The molecule has 0 saturated carbocycles. The number of amides is 1. The fourth-order valence-corrected chi connectivity index (χ4v) is 6.48. The number of benzene rings is 4. The van der Waals surface area contributed by atoms with Gasteiger partial charge in [-0.05, 0) is 34.0 Å². The molecule has 0 unspecified atom stereocenters. The zero-order valence-corrected chi connectivity index (χ0v) is 21.8.